The van der Waals surface area contributed by atoms with E-state index in [1.165, 1.54) is 19.3 Å². The van der Waals surface area contributed by atoms with Crippen molar-refractivity contribution in [3.05, 3.63) is 0 Å². The van der Waals surface area contributed by atoms with Gasteiger partial charge in [-0.3, -0.25) is 0 Å². The maximum absolute atomic E-state index is 12.5. The third kappa shape index (κ3) is 4.43. The fourth-order valence-electron chi connectivity index (χ4n) is 3.28. The lowest BCUT2D eigenvalue weighted by atomic mass is 9.97. The summed E-state index contributed by atoms with van der Waals surface area (Å²) in [5.74, 6) is 0. The second-order valence-electron chi connectivity index (χ2n) is 6.12. The van der Waals surface area contributed by atoms with Gasteiger partial charge in [-0.25, -0.2) is 0 Å². The average Bonchev–Trinajstić information content (AvgIpc) is 2.33. The number of hydrogen-bond donors (Lipinski definition) is 1. The summed E-state index contributed by atoms with van der Waals surface area (Å²) in [6, 6.07) is 0.305. The quantitative estimate of drug-likeness (QED) is 0.868. The van der Waals surface area contributed by atoms with Crippen molar-refractivity contribution in [3.8, 4) is 0 Å². The van der Waals surface area contributed by atoms with Crippen LogP contribution in [0.4, 0.5) is 0 Å². The molecule has 1 saturated carbocycles. The van der Waals surface area contributed by atoms with E-state index in [4.69, 9.17) is 0 Å². The molecule has 2 rings (SSSR count). The molecule has 1 aliphatic carbocycles. The maximum atomic E-state index is 12.5. The Kier molecular flexibility index (Phi) is 5.66. The molecule has 0 bridgehead atoms. The molecule has 112 valence electrons. The van der Waals surface area contributed by atoms with Crippen LogP contribution in [-0.4, -0.2) is 31.4 Å². The summed E-state index contributed by atoms with van der Waals surface area (Å²) < 4.78 is 29.6. The Labute approximate surface area is 118 Å². The Morgan fingerprint density at radius 3 is 2.11 bits per heavy atom. The van der Waals surface area contributed by atoms with Gasteiger partial charge in [-0.15, -0.1) is 0 Å². The number of nitrogens with zero attached hydrogens (tertiary/aromatic N) is 1. The van der Waals surface area contributed by atoms with Crippen molar-refractivity contribution in [2.45, 2.75) is 83.2 Å². The molecule has 1 aliphatic heterocycles. The second kappa shape index (κ2) is 7.04. The molecule has 0 aromatic carbocycles. The van der Waals surface area contributed by atoms with Crippen LogP contribution in [-0.2, 0) is 10.2 Å². The van der Waals surface area contributed by atoms with E-state index < -0.39 is 10.2 Å². The highest BCUT2D eigenvalue weighted by Gasteiger charge is 2.31. The summed E-state index contributed by atoms with van der Waals surface area (Å²) in [7, 11) is -3.28. The van der Waals surface area contributed by atoms with Gasteiger partial charge in [0.25, 0.3) is 10.2 Å². The Morgan fingerprint density at radius 2 is 1.47 bits per heavy atom. The van der Waals surface area contributed by atoms with Gasteiger partial charge in [0.1, 0.15) is 0 Å². The van der Waals surface area contributed by atoms with Gasteiger partial charge in [0.2, 0.25) is 0 Å². The smallest absolute Gasteiger partial charge is 0.199 e. The molecule has 1 heterocycles. The predicted octanol–water partition coefficient (Wildman–Crippen LogP) is 2.81. The fraction of sp³-hybridized carbons (Fsp3) is 1.00. The monoisotopic (exact) mass is 288 g/mol. The minimum Gasteiger partial charge on any atom is -0.199 e. The first kappa shape index (κ1) is 15.3. The zero-order chi connectivity index (χ0) is 13.7. The largest absolute Gasteiger partial charge is 0.279 e. The van der Waals surface area contributed by atoms with E-state index in [2.05, 4.69) is 4.72 Å². The molecular weight excluding hydrogens is 260 g/mol. The number of piperidine rings is 1. The summed E-state index contributed by atoms with van der Waals surface area (Å²) in [5, 5.41) is 0. The van der Waals surface area contributed by atoms with E-state index >= 15 is 0 Å². The van der Waals surface area contributed by atoms with E-state index in [9.17, 15) is 8.42 Å². The fourth-order valence-corrected chi connectivity index (χ4v) is 5.02. The van der Waals surface area contributed by atoms with Crippen LogP contribution >= 0.6 is 0 Å². The molecule has 4 nitrogen and oxygen atoms in total. The molecule has 1 saturated heterocycles. The molecular formula is C14H28N2O2S. The highest BCUT2D eigenvalue weighted by molar-refractivity contribution is 7.87. The Balaban J connectivity index is 1.94. The molecule has 0 aromatic rings. The van der Waals surface area contributed by atoms with Crippen LogP contribution < -0.4 is 4.72 Å². The van der Waals surface area contributed by atoms with Crippen molar-refractivity contribution in [1.82, 2.24) is 9.03 Å². The molecule has 5 heteroatoms. The number of nitrogens with one attached hydrogen (secondary N) is 1. The molecule has 1 atom stereocenters. The predicted molar refractivity (Wildman–Crippen MR) is 78.2 cm³/mol. The van der Waals surface area contributed by atoms with E-state index in [1.807, 2.05) is 6.92 Å². The van der Waals surface area contributed by atoms with Gasteiger partial charge in [-0.2, -0.15) is 17.4 Å². The molecule has 2 fully saturated rings. The van der Waals surface area contributed by atoms with Crippen LogP contribution in [0.2, 0.25) is 0 Å². The summed E-state index contributed by atoms with van der Waals surface area (Å²) >= 11 is 0. The standard InChI is InChI=1S/C14H28N2O2S/c1-13-9-7-8-12-16(13)19(17,18)15-14-10-5-3-2-4-6-11-14/h13-15H,2-12H2,1H3. The number of rotatable bonds is 3. The van der Waals surface area contributed by atoms with Crippen molar-refractivity contribution in [2.75, 3.05) is 6.54 Å². The maximum Gasteiger partial charge on any atom is 0.279 e. The van der Waals surface area contributed by atoms with Gasteiger partial charge in [0.15, 0.2) is 0 Å². The van der Waals surface area contributed by atoms with Crippen molar-refractivity contribution in [2.24, 2.45) is 0 Å². The van der Waals surface area contributed by atoms with Gasteiger partial charge in [0, 0.05) is 18.6 Å². The molecule has 2 aliphatic rings. The Hall–Kier alpha value is -0.130. The van der Waals surface area contributed by atoms with Gasteiger partial charge in [0.05, 0.1) is 0 Å². The lowest BCUT2D eigenvalue weighted by Gasteiger charge is -2.34. The third-order valence-electron chi connectivity index (χ3n) is 4.47. The van der Waals surface area contributed by atoms with Crippen LogP contribution in [0.15, 0.2) is 0 Å². The van der Waals surface area contributed by atoms with E-state index in [1.54, 1.807) is 4.31 Å². The second-order valence-corrected chi connectivity index (χ2v) is 7.78. The van der Waals surface area contributed by atoms with Crippen LogP contribution in [0.5, 0.6) is 0 Å². The number of hydrogen-bond acceptors (Lipinski definition) is 2. The van der Waals surface area contributed by atoms with Crippen molar-refractivity contribution in [3.63, 3.8) is 0 Å². The summed E-state index contributed by atoms with van der Waals surface area (Å²) in [6.07, 6.45) is 11.3. The zero-order valence-corrected chi connectivity index (χ0v) is 12.9. The molecule has 0 spiro atoms. The molecule has 19 heavy (non-hydrogen) atoms. The molecule has 0 aromatic heterocycles. The van der Waals surface area contributed by atoms with Crippen LogP contribution in [0, 0.1) is 0 Å². The minimum atomic E-state index is -3.28. The lowest BCUT2D eigenvalue weighted by Crippen LogP contribution is -2.50. The van der Waals surface area contributed by atoms with E-state index in [0.717, 1.165) is 44.9 Å². The SMILES string of the molecule is CC1CCCCN1S(=O)(=O)NC1CCCCCCC1. The third-order valence-corrected chi connectivity index (χ3v) is 6.26. The first-order valence-electron chi connectivity index (χ1n) is 7.89. The summed E-state index contributed by atoms with van der Waals surface area (Å²) in [4.78, 5) is 0. The van der Waals surface area contributed by atoms with Crippen LogP contribution in [0.25, 0.3) is 0 Å². The van der Waals surface area contributed by atoms with Gasteiger partial charge in [-0.1, -0.05) is 38.5 Å². The topological polar surface area (TPSA) is 49.4 Å². The summed E-state index contributed by atoms with van der Waals surface area (Å²) in [6.45, 7) is 2.71. The molecule has 1 unspecified atom stereocenters. The highest BCUT2D eigenvalue weighted by Crippen LogP contribution is 2.22. The molecule has 0 radical (unpaired) electrons. The van der Waals surface area contributed by atoms with Crippen molar-refractivity contribution < 1.29 is 8.42 Å². The summed E-state index contributed by atoms with van der Waals surface area (Å²) in [5.41, 5.74) is 0. The van der Waals surface area contributed by atoms with Gasteiger partial charge in [-0.05, 0) is 32.6 Å². The Bertz CT molecular complexity index is 362. The van der Waals surface area contributed by atoms with E-state index in [0.29, 0.717) is 6.54 Å². The lowest BCUT2D eigenvalue weighted by molar-refractivity contribution is 0.262. The minimum absolute atomic E-state index is 0.152. The first-order chi connectivity index (χ1) is 9.09. The van der Waals surface area contributed by atoms with Crippen molar-refractivity contribution >= 4 is 10.2 Å². The van der Waals surface area contributed by atoms with Gasteiger partial charge < -0.3 is 0 Å². The normalized spacial score (nSPS) is 28.8. The molecule has 0 amide bonds. The zero-order valence-electron chi connectivity index (χ0n) is 12.1. The highest BCUT2D eigenvalue weighted by atomic mass is 32.2. The van der Waals surface area contributed by atoms with E-state index in [-0.39, 0.29) is 12.1 Å². The van der Waals surface area contributed by atoms with Crippen molar-refractivity contribution in [1.29, 1.82) is 0 Å². The first-order valence-corrected chi connectivity index (χ1v) is 9.33. The average molecular weight is 288 g/mol. The van der Waals surface area contributed by atoms with Crippen LogP contribution in [0.1, 0.15) is 71.1 Å². The Morgan fingerprint density at radius 1 is 0.895 bits per heavy atom. The van der Waals surface area contributed by atoms with Gasteiger partial charge >= 0.3 is 0 Å². The van der Waals surface area contributed by atoms with Crippen LogP contribution in [0.3, 0.4) is 0 Å². The molecule has 1 N–H and O–H groups in total.